The molecule has 5 nitrogen and oxygen atoms in total. The van der Waals surface area contributed by atoms with Crippen LogP contribution in [0.1, 0.15) is 31.7 Å². The van der Waals surface area contributed by atoms with Gasteiger partial charge in [0.25, 0.3) is 0 Å². The monoisotopic (exact) mass is 303 g/mol. The summed E-state index contributed by atoms with van der Waals surface area (Å²) in [5.41, 5.74) is 0. The van der Waals surface area contributed by atoms with E-state index in [1.807, 2.05) is 13.1 Å². The molecule has 0 saturated carbocycles. The van der Waals surface area contributed by atoms with Crippen molar-refractivity contribution < 1.29 is 8.42 Å². The zero-order valence-corrected chi connectivity index (χ0v) is 13.2. The number of sulfone groups is 1. The Labute approximate surface area is 119 Å². The van der Waals surface area contributed by atoms with Crippen LogP contribution in [0.2, 0.25) is 0 Å². The van der Waals surface area contributed by atoms with Gasteiger partial charge < -0.3 is 10.2 Å². The fourth-order valence-electron chi connectivity index (χ4n) is 2.30. The van der Waals surface area contributed by atoms with Crippen LogP contribution < -0.4 is 10.2 Å². The van der Waals surface area contributed by atoms with Gasteiger partial charge in [-0.1, -0.05) is 6.92 Å². The average Bonchev–Trinajstić information content (AvgIpc) is 2.77. The van der Waals surface area contributed by atoms with Gasteiger partial charge in [0.1, 0.15) is 0 Å². The predicted octanol–water partition coefficient (Wildman–Crippen LogP) is 1.44. The van der Waals surface area contributed by atoms with Gasteiger partial charge in [-0.15, -0.1) is 11.3 Å². The van der Waals surface area contributed by atoms with Crippen LogP contribution in [0.15, 0.2) is 6.20 Å². The van der Waals surface area contributed by atoms with Gasteiger partial charge in [0.15, 0.2) is 15.0 Å². The zero-order chi connectivity index (χ0) is 14.0. The van der Waals surface area contributed by atoms with Crippen molar-refractivity contribution >= 4 is 26.3 Å². The first kappa shape index (κ1) is 14.7. The molecule has 2 rings (SSSR count). The number of aromatic nitrogens is 1. The number of rotatable bonds is 4. The molecule has 1 N–H and O–H groups in total. The van der Waals surface area contributed by atoms with Gasteiger partial charge in [-0.25, -0.2) is 13.4 Å². The molecular weight excluding hydrogens is 282 g/mol. The summed E-state index contributed by atoms with van der Waals surface area (Å²) in [6.07, 6.45) is 1.89. The van der Waals surface area contributed by atoms with Crippen LogP contribution >= 0.6 is 11.3 Å². The van der Waals surface area contributed by atoms with Crippen molar-refractivity contribution in [1.82, 2.24) is 10.3 Å². The van der Waals surface area contributed by atoms with Gasteiger partial charge in [-0.2, -0.15) is 0 Å². The third kappa shape index (κ3) is 3.46. The molecule has 1 saturated heterocycles. The summed E-state index contributed by atoms with van der Waals surface area (Å²) in [6, 6.07) is 0.298. The summed E-state index contributed by atoms with van der Waals surface area (Å²) >= 11 is 1.65. The van der Waals surface area contributed by atoms with Crippen LogP contribution in [-0.4, -0.2) is 44.0 Å². The topological polar surface area (TPSA) is 62.3 Å². The minimum absolute atomic E-state index is 0.00666. The van der Waals surface area contributed by atoms with Gasteiger partial charge in [-0.05, 0) is 20.4 Å². The Balaban J connectivity index is 2.11. The fraction of sp³-hybridized carbons (Fsp3) is 0.750. The molecule has 2 atom stereocenters. The Morgan fingerprint density at radius 1 is 1.63 bits per heavy atom. The lowest BCUT2D eigenvalue weighted by molar-refractivity contribution is 0.568. The van der Waals surface area contributed by atoms with Gasteiger partial charge >= 0.3 is 0 Å². The van der Waals surface area contributed by atoms with Crippen molar-refractivity contribution in [2.75, 3.05) is 29.5 Å². The van der Waals surface area contributed by atoms with Crippen LogP contribution in [0.4, 0.5) is 5.13 Å². The van der Waals surface area contributed by atoms with E-state index in [9.17, 15) is 8.42 Å². The number of hydrogen-bond acceptors (Lipinski definition) is 6. The van der Waals surface area contributed by atoms with Crippen LogP contribution in [-0.2, 0) is 9.84 Å². The molecule has 0 spiro atoms. The minimum atomic E-state index is -2.87. The number of hydrogen-bond donors (Lipinski definition) is 1. The highest BCUT2D eigenvalue weighted by molar-refractivity contribution is 7.91. The first-order chi connectivity index (χ1) is 8.93. The van der Waals surface area contributed by atoms with Crippen molar-refractivity contribution in [3.63, 3.8) is 0 Å². The van der Waals surface area contributed by atoms with Crippen molar-refractivity contribution in [3.05, 3.63) is 11.1 Å². The molecule has 0 bridgehead atoms. The maximum atomic E-state index is 11.6. The van der Waals surface area contributed by atoms with E-state index < -0.39 is 9.84 Å². The summed E-state index contributed by atoms with van der Waals surface area (Å²) in [7, 11) is -2.87. The molecule has 1 aliphatic heterocycles. The summed E-state index contributed by atoms with van der Waals surface area (Å²) in [6.45, 7) is 7.62. The molecule has 7 heteroatoms. The van der Waals surface area contributed by atoms with E-state index in [4.69, 9.17) is 0 Å². The molecule has 0 amide bonds. The Kier molecular flexibility index (Phi) is 4.47. The maximum absolute atomic E-state index is 11.6. The van der Waals surface area contributed by atoms with E-state index in [1.54, 1.807) is 11.3 Å². The van der Waals surface area contributed by atoms with E-state index in [0.717, 1.165) is 11.7 Å². The molecule has 0 aliphatic carbocycles. The van der Waals surface area contributed by atoms with Crippen molar-refractivity contribution in [3.8, 4) is 0 Å². The van der Waals surface area contributed by atoms with Gasteiger partial charge in [-0.3, -0.25) is 0 Å². The SMILES string of the molecule is CCNC(C)c1cnc(N2CCS(=O)(=O)CC2C)s1. The predicted molar refractivity (Wildman–Crippen MR) is 79.7 cm³/mol. The quantitative estimate of drug-likeness (QED) is 0.912. The smallest absolute Gasteiger partial charge is 0.185 e. The van der Waals surface area contributed by atoms with E-state index in [2.05, 4.69) is 29.0 Å². The van der Waals surface area contributed by atoms with E-state index >= 15 is 0 Å². The summed E-state index contributed by atoms with van der Waals surface area (Å²) in [5, 5.41) is 4.29. The Hall–Kier alpha value is -0.660. The molecule has 0 radical (unpaired) electrons. The molecule has 1 aliphatic rings. The van der Waals surface area contributed by atoms with Crippen molar-refractivity contribution in [1.29, 1.82) is 0 Å². The molecule has 2 heterocycles. The van der Waals surface area contributed by atoms with Crippen LogP contribution in [0, 0.1) is 0 Å². The summed E-state index contributed by atoms with van der Waals surface area (Å²) < 4.78 is 23.2. The molecule has 2 unspecified atom stereocenters. The maximum Gasteiger partial charge on any atom is 0.185 e. The molecule has 1 aromatic rings. The Morgan fingerprint density at radius 3 is 3.00 bits per heavy atom. The van der Waals surface area contributed by atoms with Gasteiger partial charge in [0.05, 0.1) is 11.5 Å². The van der Waals surface area contributed by atoms with E-state index in [1.165, 1.54) is 4.88 Å². The highest BCUT2D eigenvalue weighted by Crippen LogP contribution is 2.29. The third-order valence-electron chi connectivity index (χ3n) is 3.36. The highest BCUT2D eigenvalue weighted by atomic mass is 32.2. The zero-order valence-electron chi connectivity index (χ0n) is 11.6. The van der Waals surface area contributed by atoms with Crippen molar-refractivity contribution in [2.24, 2.45) is 0 Å². The lowest BCUT2D eigenvalue weighted by atomic mass is 10.3. The summed E-state index contributed by atoms with van der Waals surface area (Å²) in [4.78, 5) is 7.75. The van der Waals surface area contributed by atoms with Gasteiger partial charge in [0, 0.05) is 29.7 Å². The number of nitrogens with one attached hydrogen (secondary N) is 1. The number of anilines is 1. The molecule has 1 fully saturated rings. The first-order valence-corrected chi connectivity index (χ1v) is 9.23. The average molecular weight is 303 g/mol. The van der Waals surface area contributed by atoms with Crippen molar-refractivity contribution in [2.45, 2.75) is 32.9 Å². The molecule has 1 aromatic heterocycles. The fourth-order valence-corrected chi connectivity index (χ4v) is 4.93. The van der Waals surface area contributed by atoms with Crippen LogP contribution in [0.5, 0.6) is 0 Å². The second-order valence-electron chi connectivity index (χ2n) is 4.98. The standard InChI is InChI=1S/C12H21N3O2S2/c1-4-13-10(3)11-7-14-12(18-11)15-5-6-19(16,17)8-9(15)2/h7,9-10,13H,4-6,8H2,1-3H3. The third-order valence-corrected chi connectivity index (χ3v) is 6.38. The largest absolute Gasteiger partial charge is 0.343 e. The Morgan fingerprint density at radius 2 is 2.37 bits per heavy atom. The van der Waals surface area contributed by atoms with E-state index in [0.29, 0.717) is 12.6 Å². The molecule has 0 aromatic carbocycles. The van der Waals surface area contributed by atoms with E-state index in [-0.39, 0.29) is 17.5 Å². The molecule has 19 heavy (non-hydrogen) atoms. The Bertz CT molecular complexity index is 527. The second-order valence-corrected chi connectivity index (χ2v) is 8.25. The molecular formula is C12H21N3O2S2. The highest BCUT2D eigenvalue weighted by Gasteiger charge is 2.29. The van der Waals surface area contributed by atoms with Crippen LogP contribution in [0.25, 0.3) is 0 Å². The number of nitrogens with zero attached hydrogens (tertiary/aromatic N) is 2. The molecule has 108 valence electrons. The summed E-state index contributed by atoms with van der Waals surface area (Å²) in [5.74, 6) is 0.458. The number of thiazole rings is 1. The lowest BCUT2D eigenvalue weighted by Gasteiger charge is -2.32. The minimum Gasteiger partial charge on any atom is -0.343 e. The second kappa shape index (κ2) is 5.76. The van der Waals surface area contributed by atoms with Gasteiger partial charge in [0.2, 0.25) is 0 Å². The first-order valence-electron chi connectivity index (χ1n) is 6.59. The van der Waals surface area contributed by atoms with Crippen LogP contribution in [0.3, 0.4) is 0 Å². The normalized spacial score (nSPS) is 24.4. The lowest BCUT2D eigenvalue weighted by Crippen LogP contribution is -2.46.